The van der Waals surface area contributed by atoms with E-state index in [1.807, 2.05) is 23.6 Å². The second kappa shape index (κ2) is 5.59. The molecule has 5 nitrogen and oxygen atoms in total. The maximum absolute atomic E-state index is 12.9. The monoisotopic (exact) mass is 294 g/mol. The Morgan fingerprint density at radius 1 is 1.24 bits per heavy atom. The number of fused-ring (bicyclic) bond motifs is 1. The molecule has 0 aromatic rings. The van der Waals surface area contributed by atoms with E-state index in [0.29, 0.717) is 12.5 Å². The van der Waals surface area contributed by atoms with Gasteiger partial charge < -0.3 is 14.5 Å². The Labute approximate surface area is 126 Å². The number of rotatable bonds is 3. The Morgan fingerprint density at radius 2 is 2.00 bits per heavy atom. The second-order valence-electron chi connectivity index (χ2n) is 6.99. The Bertz CT molecular complexity index is 437. The highest BCUT2D eigenvalue weighted by molar-refractivity contribution is 5.97. The topological polar surface area (TPSA) is 49.9 Å². The number of nitrogens with zero attached hydrogens (tertiary/aromatic N) is 2. The first-order valence-electron chi connectivity index (χ1n) is 8.23. The fourth-order valence-corrected chi connectivity index (χ4v) is 4.04. The molecule has 0 bridgehead atoms. The van der Waals surface area contributed by atoms with Crippen LogP contribution in [0.5, 0.6) is 0 Å². The molecule has 4 unspecified atom stereocenters. The van der Waals surface area contributed by atoms with Crippen molar-refractivity contribution >= 4 is 11.8 Å². The average molecular weight is 294 g/mol. The molecule has 3 saturated heterocycles. The molecule has 0 N–H and O–H groups in total. The Hall–Kier alpha value is -1.10. The first-order valence-corrected chi connectivity index (χ1v) is 8.23. The number of hydrogen-bond donors (Lipinski definition) is 0. The molecule has 118 valence electrons. The van der Waals surface area contributed by atoms with Gasteiger partial charge in [-0.1, -0.05) is 13.8 Å². The number of carbonyl (C=O) groups is 2. The van der Waals surface area contributed by atoms with Crippen molar-refractivity contribution in [1.82, 2.24) is 9.80 Å². The van der Waals surface area contributed by atoms with Crippen molar-refractivity contribution in [1.29, 1.82) is 0 Å². The quantitative estimate of drug-likeness (QED) is 0.787. The number of piperazine rings is 1. The van der Waals surface area contributed by atoms with Crippen molar-refractivity contribution in [2.24, 2.45) is 11.8 Å². The van der Waals surface area contributed by atoms with E-state index in [-0.39, 0.29) is 35.9 Å². The van der Waals surface area contributed by atoms with Gasteiger partial charge in [0, 0.05) is 25.6 Å². The molecule has 3 fully saturated rings. The second-order valence-corrected chi connectivity index (χ2v) is 6.99. The van der Waals surface area contributed by atoms with Crippen LogP contribution in [0.3, 0.4) is 0 Å². The van der Waals surface area contributed by atoms with Crippen LogP contribution in [0.4, 0.5) is 0 Å². The molecule has 0 aromatic carbocycles. The minimum atomic E-state index is -0.292. The summed E-state index contributed by atoms with van der Waals surface area (Å²) in [7, 11) is 0. The summed E-state index contributed by atoms with van der Waals surface area (Å²) in [5.74, 6) is 0.820. The molecule has 0 aromatic heterocycles. The zero-order valence-corrected chi connectivity index (χ0v) is 13.2. The van der Waals surface area contributed by atoms with Gasteiger partial charge in [-0.3, -0.25) is 9.59 Å². The summed E-state index contributed by atoms with van der Waals surface area (Å²) in [5, 5.41) is 0. The molecule has 0 spiro atoms. The van der Waals surface area contributed by atoms with E-state index < -0.39 is 0 Å². The molecule has 5 heteroatoms. The van der Waals surface area contributed by atoms with E-state index in [9.17, 15) is 9.59 Å². The lowest BCUT2D eigenvalue weighted by Gasteiger charge is -2.45. The highest BCUT2D eigenvalue weighted by Gasteiger charge is 2.49. The summed E-state index contributed by atoms with van der Waals surface area (Å²) in [6.07, 6.45) is 2.94. The van der Waals surface area contributed by atoms with Gasteiger partial charge in [-0.15, -0.1) is 0 Å². The van der Waals surface area contributed by atoms with E-state index in [1.165, 1.54) is 0 Å². The molecule has 21 heavy (non-hydrogen) atoms. The smallest absolute Gasteiger partial charge is 0.246 e. The van der Waals surface area contributed by atoms with Gasteiger partial charge in [-0.05, 0) is 32.1 Å². The first-order chi connectivity index (χ1) is 10.0. The molecule has 2 amide bonds. The van der Waals surface area contributed by atoms with Crippen LogP contribution < -0.4 is 0 Å². The molecule has 3 rings (SSSR count). The predicted molar refractivity (Wildman–Crippen MR) is 78.6 cm³/mol. The first kappa shape index (κ1) is 14.8. The van der Waals surface area contributed by atoms with Crippen LogP contribution in [0, 0.1) is 11.8 Å². The van der Waals surface area contributed by atoms with Gasteiger partial charge in [-0.2, -0.15) is 0 Å². The van der Waals surface area contributed by atoms with Crippen LogP contribution in [-0.2, 0) is 14.3 Å². The van der Waals surface area contributed by atoms with E-state index in [0.717, 1.165) is 32.4 Å². The van der Waals surface area contributed by atoms with Gasteiger partial charge in [0.05, 0.1) is 6.10 Å². The van der Waals surface area contributed by atoms with Gasteiger partial charge in [0.2, 0.25) is 11.8 Å². The van der Waals surface area contributed by atoms with Crippen molar-refractivity contribution in [3.05, 3.63) is 0 Å². The standard InChI is InChI=1S/C16H26N2O3/c1-10(2)14-16(20)17-7-4-5-13(17)15(19)18(14)9-12-6-8-21-11(12)3/h10-14H,4-9H2,1-3H3. The fourth-order valence-electron chi connectivity index (χ4n) is 4.04. The van der Waals surface area contributed by atoms with Crippen LogP contribution in [-0.4, -0.2) is 59.5 Å². The van der Waals surface area contributed by atoms with Crippen molar-refractivity contribution in [2.45, 2.75) is 58.2 Å². The Morgan fingerprint density at radius 3 is 2.62 bits per heavy atom. The largest absolute Gasteiger partial charge is 0.378 e. The number of amides is 2. The molecule has 0 saturated carbocycles. The zero-order valence-electron chi connectivity index (χ0n) is 13.2. The molecule has 4 atom stereocenters. The number of hydrogen-bond acceptors (Lipinski definition) is 3. The molecular formula is C16H26N2O3. The van der Waals surface area contributed by atoms with Crippen LogP contribution >= 0.6 is 0 Å². The van der Waals surface area contributed by atoms with Gasteiger partial charge in [-0.25, -0.2) is 0 Å². The van der Waals surface area contributed by atoms with Crippen molar-refractivity contribution in [3.8, 4) is 0 Å². The highest BCUT2D eigenvalue weighted by Crippen LogP contribution is 2.32. The lowest BCUT2D eigenvalue weighted by atomic mass is 9.93. The third-order valence-corrected chi connectivity index (χ3v) is 5.29. The summed E-state index contributed by atoms with van der Waals surface area (Å²) >= 11 is 0. The van der Waals surface area contributed by atoms with E-state index >= 15 is 0 Å². The van der Waals surface area contributed by atoms with Gasteiger partial charge in [0.15, 0.2) is 0 Å². The van der Waals surface area contributed by atoms with Gasteiger partial charge in [0.25, 0.3) is 0 Å². The van der Waals surface area contributed by atoms with Crippen molar-refractivity contribution < 1.29 is 14.3 Å². The van der Waals surface area contributed by atoms with E-state index in [1.54, 1.807) is 0 Å². The minimum Gasteiger partial charge on any atom is -0.378 e. The van der Waals surface area contributed by atoms with Crippen molar-refractivity contribution in [3.63, 3.8) is 0 Å². The maximum Gasteiger partial charge on any atom is 0.246 e. The van der Waals surface area contributed by atoms with Crippen LogP contribution in [0.15, 0.2) is 0 Å². The predicted octanol–water partition coefficient (Wildman–Crippen LogP) is 1.27. The number of ether oxygens (including phenoxy) is 1. The van der Waals surface area contributed by atoms with Crippen LogP contribution in [0.1, 0.15) is 40.0 Å². The highest BCUT2D eigenvalue weighted by atomic mass is 16.5. The lowest BCUT2D eigenvalue weighted by molar-refractivity contribution is -0.162. The number of carbonyl (C=O) groups excluding carboxylic acids is 2. The Balaban J connectivity index is 1.83. The lowest BCUT2D eigenvalue weighted by Crippen LogP contribution is -2.65. The van der Waals surface area contributed by atoms with Gasteiger partial charge >= 0.3 is 0 Å². The SMILES string of the molecule is CC(C)C1C(=O)N2CCCC2C(=O)N1CC1CCOC1C. The summed E-state index contributed by atoms with van der Waals surface area (Å²) in [5.41, 5.74) is 0. The molecule has 3 aliphatic rings. The normalized spacial score (nSPS) is 36.8. The Kier molecular flexibility index (Phi) is 3.95. The van der Waals surface area contributed by atoms with Crippen LogP contribution in [0.25, 0.3) is 0 Å². The van der Waals surface area contributed by atoms with Crippen LogP contribution in [0.2, 0.25) is 0 Å². The summed E-state index contributed by atoms with van der Waals surface area (Å²) in [6, 6.07) is -0.496. The molecular weight excluding hydrogens is 268 g/mol. The maximum atomic E-state index is 12.9. The molecule has 3 aliphatic heterocycles. The fraction of sp³-hybridized carbons (Fsp3) is 0.875. The van der Waals surface area contributed by atoms with Gasteiger partial charge in [0.1, 0.15) is 12.1 Å². The average Bonchev–Trinajstić information content (AvgIpc) is 3.05. The third kappa shape index (κ3) is 2.45. The summed E-state index contributed by atoms with van der Waals surface area (Å²) < 4.78 is 5.62. The molecule has 0 radical (unpaired) electrons. The molecule has 3 heterocycles. The third-order valence-electron chi connectivity index (χ3n) is 5.29. The summed E-state index contributed by atoms with van der Waals surface area (Å²) in [6.45, 7) is 8.32. The van der Waals surface area contributed by atoms with E-state index in [2.05, 4.69) is 6.92 Å². The molecule has 0 aliphatic carbocycles. The van der Waals surface area contributed by atoms with Crippen molar-refractivity contribution in [2.75, 3.05) is 19.7 Å². The minimum absolute atomic E-state index is 0.152. The zero-order chi connectivity index (χ0) is 15.1. The summed E-state index contributed by atoms with van der Waals surface area (Å²) in [4.78, 5) is 29.3. The van der Waals surface area contributed by atoms with E-state index in [4.69, 9.17) is 4.74 Å².